The van der Waals surface area contributed by atoms with Crippen LogP contribution in [0.15, 0.2) is 51.7 Å². The van der Waals surface area contributed by atoms with Crippen molar-refractivity contribution in [3.8, 4) is 18.2 Å². The molecule has 0 unspecified atom stereocenters. The van der Waals surface area contributed by atoms with Gasteiger partial charge in [-0.2, -0.15) is 15.8 Å². The number of fused-ring (bicyclic) bond motifs is 1. The zero-order valence-corrected chi connectivity index (χ0v) is 15.4. The predicted octanol–water partition coefficient (Wildman–Crippen LogP) is 4.29. The fourth-order valence-corrected chi connectivity index (χ4v) is 4.57. The summed E-state index contributed by atoms with van der Waals surface area (Å²) in [7, 11) is 0. The quantitative estimate of drug-likeness (QED) is 0.770. The van der Waals surface area contributed by atoms with E-state index in [4.69, 9.17) is 5.73 Å². The van der Waals surface area contributed by atoms with E-state index < -0.39 is 11.3 Å². The lowest BCUT2D eigenvalue weighted by atomic mass is 9.56. The molecule has 3 atom stereocenters. The van der Waals surface area contributed by atoms with Gasteiger partial charge in [-0.3, -0.25) is 0 Å². The Kier molecular flexibility index (Phi) is 4.42. The maximum Gasteiger partial charge on any atom is 0.191 e. The number of nitrogens with zero attached hydrogens (tertiary/aromatic N) is 3. The summed E-state index contributed by atoms with van der Waals surface area (Å²) in [4.78, 5) is 0. The third-order valence-electron chi connectivity index (χ3n) is 5.32. The molecule has 2 N–H and O–H groups in total. The average molecular weight is 393 g/mol. The van der Waals surface area contributed by atoms with E-state index in [1.807, 2.05) is 24.3 Å². The Labute approximate surface area is 156 Å². The fourth-order valence-electron chi connectivity index (χ4n) is 4.15. The second kappa shape index (κ2) is 6.40. The Morgan fingerprint density at radius 3 is 2.56 bits per heavy atom. The molecule has 0 amide bonds. The first kappa shape index (κ1) is 17.3. The fraction of sp³-hybridized carbons (Fsp3) is 0.350. The number of benzene rings is 1. The molecule has 0 fully saturated rings. The standard InChI is InChI=1S/C20H17BrN4/c1-12-5-6-15-16(7-12)18(13-3-2-4-14(21)8-13)20(10-23,11-24)19(25)17(15)9-22/h2-4,6,8,12,16,18H,5,7,25H2,1H3/t12-,16-,18-/m0/s1. The maximum atomic E-state index is 9.96. The SMILES string of the molecule is C[C@H]1CC=C2C(C#N)=C(N)C(C#N)(C#N)[C@@H](c3cccc(Br)c3)[C@H]2C1. The summed E-state index contributed by atoms with van der Waals surface area (Å²) >= 11 is 3.47. The van der Waals surface area contributed by atoms with Gasteiger partial charge >= 0.3 is 0 Å². The van der Waals surface area contributed by atoms with Crippen molar-refractivity contribution in [3.63, 3.8) is 0 Å². The van der Waals surface area contributed by atoms with E-state index in [0.717, 1.165) is 28.5 Å². The second-order valence-corrected chi connectivity index (χ2v) is 7.72. The van der Waals surface area contributed by atoms with Gasteiger partial charge in [0.05, 0.1) is 23.4 Å². The molecular formula is C20H17BrN4. The van der Waals surface area contributed by atoms with Crippen LogP contribution in [0, 0.1) is 51.2 Å². The van der Waals surface area contributed by atoms with Gasteiger partial charge in [0.15, 0.2) is 5.41 Å². The number of nitriles is 3. The van der Waals surface area contributed by atoms with Gasteiger partial charge in [0.1, 0.15) is 6.07 Å². The van der Waals surface area contributed by atoms with Crippen LogP contribution < -0.4 is 5.73 Å². The van der Waals surface area contributed by atoms with Gasteiger partial charge in [-0.1, -0.05) is 41.1 Å². The van der Waals surface area contributed by atoms with E-state index in [9.17, 15) is 15.8 Å². The molecule has 0 aromatic heterocycles. The lowest BCUT2D eigenvalue weighted by Crippen LogP contribution is -2.43. The largest absolute Gasteiger partial charge is 0.399 e. The zero-order chi connectivity index (χ0) is 18.2. The summed E-state index contributed by atoms with van der Waals surface area (Å²) in [6.45, 7) is 2.15. The highest BCUT2D eigenvalue weighted by Crippen LogP contribution is 2.56. The number of hydrogen-bond donors (Lipinski definition) is 1. The van der Waals surface area contributed by atoms with Gasteiger partial charge in [0.2, 0.25) is 0 Å². The predicted molar refractivity (Wildman–Crippen MR) is 97.3 cm³/mol. The first-order chi connectivity index (χ1) is 12.0. The van der Waals surface area contributed by atoms with Crippen LogP contribution in [-0.2, 0) is 0 Å². The van der Waals surface area contributed by atoms with Crippen molar-refractivity contribution >= 4 is 15.9 Å². The van der Waals surface area contributed by atoms with E-state index >= 15 is 0 Å². The molecular weight excluding hydrogens is 376 g/mol. The van der Waals surface area contributed by atoms with E-state index in [-0.39, 0.29) is 11.6 Å². The number of rotatable bonds is 1. The highest BCUT2D eigenvalue weighted by atomic mass is 79.9. The molecule has 2 aliphatic rings. The summed E-state index contributed by atoms with van der Waals surface area (Å²) in [5.74, 6) is -0.0387. The Bertz CT molecular complexity index is 893. The molecule has 3 rings (SSSR count). The highest BCUT2D eigenvalue weighted by Gasteiger charge is 2.54. The summed E-state index contributed by atoms with van der Waals surface area (Å²) in [5.41, 5.74) is 6.90. The summed E-state index contributed by atoms with van der Waals surface area (Å²) in [5, 5.41) is 29.5. The molecule has 0 heterocycles. The van der Waals surface area contributed by atoms with Crippen molar-refractivity contribution in [2.45, 2.75) is 25.7 Å². The van der Waals surface area contributed by atoms with Crippen LogP contribution in [0.2, 0.25) is 0 Å². The molecule has 124 valence electrons. The molecule has 5 heteroatoms. The highest BCUT2D eigenvalue weighted by molar-refractivity contribution is 9.10. The Morgan fingerprint density at radius 1 is 1.24 bits per heavy atom. The van der Waals surface area contributed by atoms with Crippen molar-refractivity contribution < 1.29 is 0 Å². The number of allylic oxidation sites excluding steroid dienone is 4. The van der Waals surface area contributed by atoms with Gasteiger partial charge in [-0.25, -0.2) is 0 Å². The Balaban J connectivity index is 2.34. The topological polar surface area (TPSA) is 97.4 Å². The monoisotopic (exact) mass is 392 g/mol. The minimum absolute atomic E-state index is 0.0701. The molecule has 0 spiro atoms. The van der Waals surface area contributed by atoms with Crippen LogP contribution in [0.1, 0.15) is 31.2 Å². The zero-order valence-electron chi connectivity index (χ0n) is 13.8. The van der Waals surface area contributed by atoms with Gasteiger partial charge < -0.3 is 5.73 Å². The summed E-state index contributed by atoms with van der Waals surface area (Å²) in [6.07, 6.45) is 3.77. The van der Waals surface area contributed by atoms with Crippen molar-refractivity contribution in [1.82, 2.24) is 0 Å². The van der Waals surface area contributed by atoms with Gasteiger partial charge in [-0.05, 0) is 47.9 Å². The lowest BCUT2D eigenvalue weighted by molar-refractivity contribution is 0.284. The summed E-state index contributed by atoms with van der Waals surface area (Å²) in [6, 6.07) is 14.1. The van der Waals surface area contributed by atoms with E-state index in [2.05, 4.69) is 47.1 Å². The molecule has 25 heavy (non-hydrogen) atoms. The van der Waals surface area contributed by atoms with Crippen LogP contribution in [0.3, 0.4) is 0 Å². The first-order valence-corrected chi connectivity index (χ1v) is 8.96. The van der Waals surface area contributed by atoms with Crippen molar-refractivity contribution in [2.75, 3.05) is 0 Å². The number of hydrogen-bond acceptors (Lipinski definition) is 4. The first-order valence-electron chi connectivity index (χ1n) is 8.17. The Hall–Kier alpha value is -2.55. The van der Waals surface area contributed by atoms with Crippen LogP contribution in [0.5, 0.6) is 0 Å². The third kappa shape index (κ3) is 2.55. The van der Waals surface area contributed by atoms with Crippen LogP contribution in [0.4, 0.5) is 0 Å². The molecule has 1 aromatic carbocycles. The van der Waals surface area contributed by atoms with Crippen LogP contribution >= 0.6 is 15.9 Å². The Morgan fingerprint density at radius 2 is 1.96 bits per heavy atom. The van der Waals surface area contributed by atoms with Gasteiger partial charge in [0.25, 0.3) is 0 Å². The molecule has 4 nitrogen and oxygen atoms in total. The van der Waals surface area contributed by atoms with E-state index in [1.165, 1.54) is 0 Å². The van der Waals surface area contributed by atoms with Crippen LogP contribution in [-0.4, -0.2) is 0 Å². The van der Waals surface area contributed by atoms with Crippen molar-refractivity contribution in [2.24, 2.45) is 23.0 Å². The van der Waals surface area contributed by atoms with E-state index in [1.54, 1.807) is 0 Å². The second-order valence-electron chi connectivity index (χ2n) is 6.81. The van der Waals surface area contributed by atoms with Gasteiger partial charge in [0, 0.05) is 10.4 Å². The minimum atomic E-state index is -1.54. The van der Waals surface area contributed by atoms with Crippen LogP contribution in [0.25, 0.3) is 0 Å². The molecule has 0 radical (unpaired) electrons. The molecule has 2 aliphatic carbocycles. The molecule has 0 saturated heterocycles. The lowest BCUT2D eigenvalue weighted by Gasteiger charge is -2.44. The summed E-state index contributed by atoms with van der Waals surface area (Å²) < 4.78 is 0.887. The number of nitrogens with two attached hydrogens (primary N) is 1. The van der Waals surface area contributed by atoms with E-state index in [0.29, 0.717) is 11.5 Å². The molecule has 1 aromatic rings. The van der Waals surface area contributed by atoms with Gasteiger partial charge in [-0.15, -0.1) is 0 Å². The molecule has 0 bridgehead atoms. The van der Waals surface area contributed by atoms with Crippen molar-refractivity contribution in [1.29, 1.82) is 15.8 Å². The third-order valence-corrected chi connectivity index (χ3v) is 5.81. The smallest absolute Gasteiger partial charge is 0.191 e. The molecule has 0 saturated carbocycles. The number of halogens is 1. The molecule has 0 aliphatic heterocycles. The maximum absolute atomic E-state index is 9.96. The normalized spacial score (nSPS) is 27.3. The van der Waals surface area contributed by atoms with Crippen molar-refractivity contribution in [3.05, 3.63) is 57.2 Å². The minimum Gasteiger partial charge on any atom is -0.399 e. The average Bonchev–Trinajstić information content (AvgIpc) is 2.61.